The Morgan fingerprint density at radius 1 is 1.07 bits per heavy atom. The molecule has 1 saturated heterocycles. The predicted molar refractivity (Wildman–Crippen MR) is 140 cm³/mol. The van der Waals surface area contributed by atoms with Crippen LogP contribution in [0.1, 0.15) is 75.8 Å². The summed E-state index contributed by atoms with van der Waals surface area (Å²) in [6.07, 6.45) is -5.55. The zero-order valence-corrected chi connectivity index (χ0v) is 22.7. The summed E-state index contributed by atoms with van der Waals surface area (Å²) in [5.41, 5.74) is 2.29. The number of esters is 1. The molecule has 6 atom stereocenters. The SMILES string of the molecule is CC(=O)C(=O)OCC(=O)[C@]1(O)Cc2c(O)c3c(c(O)c2[C@@H](O[C@H]2C[C@H](N)C(O)[C@H](C)O2)C1)C(=O)c1ccccc1C3=O. The third-order valence-corrected chi connectivity index (χ3v) is 7.98. The number of benzene rings is 2. The number of nitrogens with two attached hydrogens (primary N) is 1. The van der Waals surface area contributed by atoms with Crippen LogP contribution >= 0.6 is 0 Å². The number of hydrogen-bond donors (Lipinski definition) is 5. The lowest BCUT2D eigenvalue weighted by Gasteiger charge is -2.42. The fraction of sp³-hybridized carbons (Fsp3) is 0.414. The molecular weight excluding hydrogens is 554 g/mol. The van der Waals surface area contributed by atoms with Crippen LogP contribution in [0.5, 0.6) is 11.5 Å². The van der Waals surface area contributed by atoms with E-state index >= 15 is 0 Å². The summed E-state index contributed by atoms with van der Waals surface area (Å²) in [6, 6.07) is 5.10. The highest BCUT2D eigenvalue weighted by Gasteiger charge is 2.50. The summed E-state index contributed by atoms with van der Waals surface area (Å²) >= 11 is 0. The molecule has 1 fully saturated rings. The number of aliphatic hydroxyl groups excluding tert-OH is 1. The van der Waals surface area contributed by atoms with Crippen LogP contribution in [0.15, 0.2) is 24.3 Å². The number of hydrogen-bond acceptors (Lipinski definition) is 13. The molecule has 0 spiro atoms. The van der Waals surface area contributed by atoms with Gasteiger partial charge in [-0.3, -0.25) is 19.2 Å². The van der Waals surface area contributed by atoms with Crippen LogP contribution < -0.4 is 5.73 Å². The predicted octanol–water partition coefficient (Wildman–Crippen LogP) is 0.133. The lowest BCUT2D eigenvalue weighted by atomic mass is 9.72. The van der Waals surface area contributed by atoms with Crippen LogP contribution in [0.4, 0.5) is 0 Å². The van der Waals surface area contributed by atoms with Gasteiger partial charge < -0.3 is 40.4 Å². The minimum absolute atomic E-state index is 0.00659. The highest BCUT2D eigenvalue weighted by Crippen LogP contribution is 2.52. The number of Topliss-reactive ketones (excluding diaryl/α,β-unsaturated/α-hetero) is 2. The van der Waals surface area contributed by atoms with Crippen LogP contribution in [-0.4, -0.2) is 86.3 Å². The van der Waals surface area contributed by atoms with Gasteiger partial charge in [0.2, 0.25) is 11.6 Å². The molecule has 0 saturated carbocycles. The van der Waals surface area contributed by atoms with Gasteiger partial charge in [0.15, 0.2) is 24.5 Å². The number of aliphatic hydroxyl groups is 2. The third-order valence-electron chi connectivity index (χ3n) is 7.98. The zero-order chi connectivity index (χ0) is 30.7. The third kappa shape index (κ3) is 4.78. The molecule has 1 heterocycles. The van der Waals surface area contributed by atoms with Gasteiger partial charge in [-0.2, -0.15) is 0 Å². The lowest BCUT2D eigenvalue weighted by molar-refractivity contribution is -0.247. The van der Waals surface area contributed by atoms with Gasteiger partial charge in [0.05, 0.1) is 29.4 Å². The minimum Gasteiger partial charge on any atom is -0.507 e. The molecule has 42 heavy (non-hydrogen) atoms. The summed E-state index contributed by atoms with van der Waals surface area (Å²) in [5, 5.41) is 44.6. The number of ketones is 4. The number of carbonyl (C=O) groups is 5. The maximum Gasteiger partial charge on any atom is 0.374 e. The number of carbonyl (C=O) groups excluding carboxylic acids is 5. The molecule has 0 amide bonds. The van der Waals surface area contributed by atoms with Crippen molar-refractivity contribution in [2.75, 3.05) is 6.61 Å². The molecule has 3 aliphatic rings. The molecule has 0 radical (unpaired) electrons. The van der Waals surface area contributed by atoms with Crippen LogP contribution in [0.25, 0.3) is 0 Å². The van der Waals surface area contributed by atoms with E-state index in [1.165, 1.54) is 18.2 Å². The normalized spacial score (nSPS) is 28.4. The van der Waals surface area contributed by atoms with E-state index in [0.717, 1.165) is 6.92 Å². The van der Waals surface area contributed by atoms with Crippen molar-refractivity contribution in [1.82, 2.24) is 0 Å². The fourth-order valence-electron chi connectivity index (χ4n) is 5.73. The Morgan fingerprint density at radius 2 is 1.67 bits per heavy atom. The van der Waals surface area contributed by atoms with Crippen molar-refractivity contribution in [3.63, 3.8) is 0 Å². The monoisotopic (exact) mass is 583 g/mol. The topological polar surface area (TPSA) is 220 Å². The summed E-state index contributed by atoms with van der Waals surface area (Å²) in [6.45, 7) is 1.50. The van der Waals surface area contributed by atoms with Gasteiger partial charge in [0.1, 0.15) is 17.1 Å². The molecule has 1 aliphatic heterocycles. The largest absolute Gasteiger partial charge is 0.507 e. The second-order valence-corrected chi connectivity index (χ2v) is 10.8. The van der Waals surface area contributed by atoms with E-state index in [4.69, 9.17) is 19.9 Å². The maximum atomic E-state index is 13.5. The number of aromatic hydroxyl groups is 2. The van der Waals surface area contributed by atoms with Gasteiger partial charge >= 0.3 is 5.97 Å². The Morgan fingerprint density at radius 3 is 2.24 bits per heavy atom. The van der Waals surface area contributed by atoms with Crippen LogP contribution in [0, 0.1) is 0 Å². The van der Waals surface area contributed by atoms with E-state index in [1.807, 2.05) is 0 Å². The van der Waals surface area contributed by atoms with Crippen molar-refractivity contribution < 1.29 is 58.6 Å². The van der Waals surface area contributed by atoms with E-state index < -0.39 is 107 Å². The molecule has 0 aromatic heterocycles. The van der Waals surface area contributed by atoms with E-state index in [0.29, 0.717) is 0 Å². The van der Waals surface area contributed by atoms with Gasteiger partial charge in [0, 0.05) is 54.5 Å². The lowest BCUT2D eigenvalue weighted by Crippen LogP contribution is -2.53. The molecule has 1 unspecified atom stereocenters. The quantitative estimate of drug-likeness (QED) is 0.148. The average molecular weight is 584 g/mol. The van der Waals surface area contributed by atoms with E-state index in [2.05, 4.69) is 0 Å². The Hall–Kier alpha value is -4.01. The fourth-order valence-corrected chi connectivity index (χ4v) is 5.73. The Kier molecular flexibility index (Phi) is 7.49. The molecule has 13 nitrogen and oxygen atoms in total. The van der Waals surface area contributed by atoms with Crippen molar-refractivity contribution in [1.29, 1.82) is 0 Å². The van der Waals surface area contributed by atoms with Crippen molar-refractivity contribution in [3.05, 3.63) is 57.6 Å². The summed E-state index contributed by atoms with van der Waals surface area (Å²) < 4.78 is 16.5. The second-order valence-electron chi connectivity index (χ2n) is 10.8. The first-order chi connectivity index (χ1) is 19.7. The molecule has 222 valence electrons. The molecule has 2 aliphatic carbocycles. The second kappa shape index (κ2) is 10.7. The molecule has 13 heteroatoms. The van der Waals surface area contributed by atoms with Crippen molar-refractivity contribution in [2.24, 2.45) is 5.73 Å². The molecule has 5 rings (SSSR count). The Balaban J connectivity index is 1.61. The van der Waals surface area contributed by atoms with Gasteiger partial charge in [-0.15, -0.1) is 0 Å². The van der Waals surface area contributed by atoms with Gasteiger partial charge in [-0.1, -0.05) is 24.3 Å². The van der Waals surface area contributed by atoms with Crippen LogP contribution in [0.2, 0.25) is 0 Å². The van der Waals surface area contributed by atoms with E-state index in [-0.39, 0.29) is 28.7 Å². The van der Waals surface area contributed by atoms with Gasteiger partial charge in [-0.25, -0.2) is 4.79 Å². The number of phenolic OH excluding ortho intramolecular Hbond substituents is 2. The molecule has 6 N–H and O–H groups in total. The number of ether oxygens (including phenoxy) is 3. The van der Waals surface area contributed by atoms with Crippen molar-refractivity contribution in [3.8, 4) is 11.5 Å². The molecule has 2 aromatic carbocycles. The van der Waals surface area contributed by atoms with Crippen LogP contribution in [-0.2, 0) is 35.0 Å². The molecular formula is C29H29NO12. The standard InChI is InChI=1S/C29H29NO12/c1-11(31)28(38)40-10-18(32)29(39)8-15-20(17(9-29)42-19-7-16(30)23(33)12(2)41-19)27(37)22-21(26(15)36)24(34)13-5-3-4-6-14(13)25(22)35/h3-6,12,16-17,19,23,33,36-37,39H,7-10,30H2,1-2H3/t12-,16-,17-,19-,23?,29-/m0/s1. The zero-order valence-electron chi connectivity index (χ0n) is 22.7. The first-order valence-electron chi connectivity index (χ1n) is 13.2. The summed E-state index contributed by atoms with van der Waals surface area (Å²) in [4.78, 5) is 63.0. The average Bonchev–Trinajstić information content (AvgIpc) is 2.94. The highest BCUT2D eigenvalue weighted by atomic mass is 16.7. The molecule has 2 aromatic rings. The number of rotatable bonds is 6. The summed E-state index contributed by atoms with van der Waals surface area (Å²) in [5.74, 6) is -6.22. The van der Waals surface area contributed by atoms with Crippen LogP contribution in [0.3, 0.4) is 0 Å². The Bertz CT molecular complexity index is 1520. The van der Waals surface area contributed by atoms with E-state index in [1.54, 1.807) is 13.0 Å². The first-order valence-corrected chi connectivity index (χ1v) is 13.2. The molecule has 0 bridgehead atoms. The van der Waals surface area contributed by atoms with Gasteiger partial charge in [0.25, 0.3) is 0 Å². The first kappa shape index (κ1) is 29.5. The highest BCUT2D eigenvalue weighted by molar-refractivity contribution is 6.32. The van der Waals surface area contributed by atoms with E-state index in [9.17, 15) is 44.4 Å². The minimum atomic E-state index is -2.38. The Labute approximate surface area is 238 Å². The smallest absolute Gasteiger partial charge is 0.374 e. The number of fused-ring (bicyclic) bond motifs is 3. The number of phenols is 2. The van der Waals surface area contributed by atoms with Gasteiger partial charge in [-0.05, 0) is 6.92 Å². The maximum absolute atomic E-state index is 13.5. The van der Waals surface area contributed by atoms with Crippen molar-refractivity contribution in [2.45, 2.75) is 69.4 Å². The summed E-state index contributed by atoms with van der Waals surface area (Å²) in [7, 11) is 0. The van der Waals surface area contributed by atoms with Crippen molar-refractivity contribution >= 4 is 29.1 Å².